The molecule has 2 heterocycles. The Balaban J connectivity index is 1.58. The van der Waals surface area contributed by atoms with Crippen LogP contribution in [-0.2, 0) is 9.53 Å². The third kappa shape index (κ3) is 2.80. The van der Waals surface area contributed by atoms with Crippen LogP contribution in [0.4, 0.5) is 0 Å². The lowest BCUT2D eigenvalue weighted by atomic mass is 10.3. The van der Waals surface area contributed by atoms with Gasteiger partial charge in [-0.05, 0) is 38.1 Å². The Morgan fingerprint density at radius 1 is 1.15 bits per heavy atom. The lowest BCUT2D eigenvalue weighted by Crippen LogP contribution is -2.27. The van der Waals surface area contributed by atoms with Gasteiger partial charge in [-0.3, -0.25) is 4.57 Å². The van der Waals surface area contributed by atoms with Gasteiger partial charge in [0, 0.05) is 0 Å². The summed E-state index contributed by atoms with van der Waals surface area (Å²) >= 11 is 1.49. The number of oxazole rings is 1. The molecule has 2 atom stereocenters. The van der Waals surface area contributed by atoms with Crippen molar-refractivity contribution in [2.45, 2.75) is 26.0 Å². The number of carbonyl (C=O) groups excluding carboxylic acids is 1. The number of esters is 1. The first-order valence-corrected chi connectivity index (χ1v) is 9.02. The van der Waals surface area contributed by atoms with Crippen LogP contribution in [0, 0.1) is 0 Å². The fourth-order valence-electron chi connectivity index (χ4n) is 2.84. The van der Waals surface area contributed by atoms with Crippen molar-refractivity contribution in [3.05, 3.63) is 64.1 Å². The average Bonchev–Trinajstić information content (AvgIpc) is 3.21. The van der Waals surface area contributed by atoms with Gasteiger partial charge in [0.05, 0.1) is 15.7 Å². The van der Waals surface area contributed by atoms with Crippen molar-refractivity contribution in [1.29, 1.82) is 0 Å². The van der Waals surface area contributed by atoms with E-state index >= 15 is 0 Å². The normalized spacial score (nSPS) is 13.8. The molecule has 0 N–H and O–H groups in total. The summed E-state index contributed by atoms with van der Waals surface area (Å²) < 4.78 is 13.1. The van der Waals surface area contributed by atoms with Crippen molar-refractivity contribution >= 4 is 38.6 Å². The van der Waals surface area contributed by atoms with Crippen molar-refractivity contribution in [1.82, 2.24) is 9.55 Å². The Morgan fingerprint density at radius 3 is 2.69 bits per heavy atom. The van der Waals surface area contributed by atoms with Gasteiger partial charge in [0.2, 0.25) is 0 Å². The van der Waals surface area contributed by atoms with Gasteiger partial charge in [0.25, 0.3) is 0 Å². The van der Waals surface area contributed by atoms with E-state index in [0.717, 1.165) is 15.2 Å². The first-order valence-electron chi connectivity index (χ1n) is 8.20. The zero-order chi connectivity index (χ0) is 18.3. The highest BCUT2D eigenvalue weighted by molar-refractivity contribution is 7.18. The van der Waals surface area contributed by atoms with E-state index < -0.39 is 23.9 Å². The van der Waals surface area contributed by atoms with E-state index in [2.05, 4.69) is 4.98 Å². The molecule has 26 heavy (non-hydrogen) atoms. The minimum atomic E-state index is -0.803. The van der Waals surface area contributed by atoms with Crippen LogP contribution in [0.3, 0.4) is 0 Å². The van der Waals surface area contributed by atoms with Crippen LogP contribution in [0.2, 0.25) is 0 Å². The highest BCUT2D eigenvalue weighted by Crippen LogP contribution is 2.29. The number of carbonyl (C=O) groups is 1. The van der Waals surface area contributed by atoms with E-state index in [0.29, 0.717) is 11.1 Å². The number of thiazole rings is 1. The molecule has 0 aliphatic heterocycles. The molecule has 132 valence electrons. The van der Waals surface area contributed by atoms with Crippen LogP contribution in [-0.4, -0.2) is 15.5 Å². The molecule has 0 saturated carbocycles. The van der Waals surface area contributed by atoms with Crippen LogP contribution in [0.15, 0.2) is 57.7 Å². The molecule has 0 unspecified atom stereocenters. The van der Waals surface area contributed by atoms with E-state index in [-0.39, 0.29) is 0 Å². The molecular formula is C19H16N2O4S. The highest BCUT2D eigenvalue weighted by atomic mass is 32.1. The minimum Gasteiger partial charge on any atom is -0.454 e. The number of nitrogens with zero attached hydrogens (tertiary/aromatic N) is 2. The molecule has 0 bridgehead atoms. The van der Waals surface area contributed by atoms with Gasteiger partial charge < -0.3 is 9.15 Å². The maximum atomic E-state index is 12.6. The Hall–Kier alpha value is -2.93. The van der Waals surface area contributed by atoms with Crippen LogP contribution >= 0.6 is 11.3 Å². The van der Waals surface area contributed by atoms with Gasteiger partial charge in [-0.1, -0.05) is 24.3 Å². The number of aromatic nitrogens is 2. The molecule has 2 aromatic heterocycles. The first kappa shape index (κ1) is 16.5. The maximum Gasteiger partial charge on any atom is 0.420 e. The molecule has 0 aliphatic rings. The Bertz CT molecular complexity index is 1120. The molecule has 0 radical (unpaired) electrons. The average molecular weight is 368 g/mol. The molecule has 6 nitrogen and oxygen atoms in total. The maximum absolute atomic E-state index is 12.6. The number of rotatable bonds is 4. The summed E-state index contributed by atoms with van der Waals surface area (Å²) in [6, 6.07) is 13.9. The molecule has 0 saturated heterocycles. The Kier molecular flexibility index (Phi) is 4.08. The largest absolute Gasteiger partial charge is 0.454 e. The van der Waals surface area contributed by atoms with Crippen LogP contribution in [0.5, 0.6) is 0 Å². The fraction of sp³-hybridized carbons (Fsp3) is 0.211. The first-order chi connectivity index (χ1) is 12.5. The molecule has 7 heteroatoms. The van der Waals surface area contributed by atoms with Gasteiger partial charge >= 0.3 is 11.7 Å². The predicted octanol–water partition coefficient (Wildman–Crippen LogP) is 4.07. The molecular weight excluding hydrogens is 352 g/mol. The minimum absolute atomic E-state index is 0.441. The number of hydrogen-bond acceptors (Lipinski definition) is 6. The van der Waals surface area contributed by atoms with Gasteiger partial charge in [-0.25, -0.2) is 14.6 Å². The van der Waals surface area contributed by atoms with Crippen molar-refractivity contribution in [2.75, 3.05) is 0 Å². The van der Waals surface area contributed by atoms with Crippen LogP contribution in [0.1, 0.15) is 31.0 Å². The van der Waals surface area contributed by atoms with E-state index in [1.54, 1.807) is 38.1 Å². The van der Waals surface area contributed by atoms with Gasteiger partial charge in [0.15, 0.2) is 11.7 Å². The van der Waals surface area contributed by atoms with E-state index in [1.165, 1.54) is 15.9 Å². The zero-order valence-corrected chi connectivity index (χ0v) is 15.0. The smallest absolute Gasteiger partial charge is 0.420 e. The second kappa shape index (κ2) is 6.42. The number of hydrogen-bond donors (Lipinski definition) is 0. The lowest BCUT2D eigenvalue weighted by molar-refractivity contribution is -0.152. The standard InChI is InChI=1S/C19H16N2O4S/c1-11(21-14-8-4-5-9-15(14)25-19(21)23)18(22)24-12(2)17-20-13-7-3-6-10-16(13)26-17/h3-12H,1-2H3/t11-,12-/m0/s1. The van der Waals surface area contributed by atoms with E-state index in [4.69, 9.17) is 9.15 Å². The van der Waals surface area contributed by atoms with Crippen molar-refractivity contribution < 1.29 is 13.9 Å². The summed E-state index contributed by atoms with van der Waals surface area (Å²) in [6.45, 7) is 3.40. The Morgan fingerprint density at radius 2 is 1.88 bits per heavy atom. The molecule has 0 fully saturated rings. The molecule has 0 amide bonds. The molecule has 4 rings (SSSR count). The fourth-order valence-corrected chi connectivity index (χ4v) is 3.79. The molecule has 4 aromatic rings. The van der Waals surface area contributed by atoms with Crippen molar-refractivity contribution in [3.63, 3.8) is 0 Å². The van der Waals surface area contributed by atoms with E-state index in [9.17, 15) is 9.59 Å². The molecule has 0 aliphatic carbocycles. The second-order valence-corrected chi connectivity index (χ2v) is 7.04. The lowest BCUT2D eigenvalue weighted by Gasteiger charge is -2.15. The van der Waals surface area contributed by atoms with Gasteiger partial charge in [-0.15, -0.1) is 11.3 Å². The predicted molar refractivity (Wildman–Crippen MR) is 99.3 cm³/mol. The second-order valence-electron chi connectivity index (χ2n) is 5.98. The number of fused-ring (bicyclic) bond motifs is 2. The van der Waals surface area contributed by atoms with Gasteiger partial charge in [-0.2, -0.15) is 0 Å². The quantitative estimate of drug-likeness (QED) is 0.508. The highest BCUT2D eigenvalue weighted by Gasteiger charge is 2.25. The monoisotopic (exact) mass is 368 g/mol. The summed E-state index contributed by atoms with van der Waals surface area (Å²) in [5.74, 6) is -1.09. The summed E-state index contributed by atoms with van der Waals surface area (Å²) in [6.07, 6.45) is -0.504. The summed E-state index contributed by atoms with van der Waals surface area (Å²) in [7, 11) is 0. The third-order valence-electron chi connectivity index (χ3n) is 4.20. The van der Waals surface area contributed by atoms with Crippen LogP contribution < -0.4 is 5.76 Å². The van der Waals surface area contributed by atoms with Gasteiger partial charge in [0.1, 0.15) is 11.0 Å². The molecule has 0 spiro atoms. The zero-order valence-electron chi connectivity index (χ0n) is 14.2. The summed E-state index contributed by atoms with van der Waals surface area (Å²) in [5, 5.41) is 0.719. The number of ether oxygens (including phenoxy) is 1. The third-order valence-corrected chi connectivity index (χ3v) is 5.40. The molecule has 2 aromatic carbocycles. The summed E-state index contributed by atoms with van der Waals surface area (Å²) in [5.41, 5.74) is 1.88. The van der Waals surface area contributed by atoms with Crippen molar-refractivity contribution in [3.8, 4) is 0 Å². The SMILES string of the molecule is C[C@H](OC(=O)[C@H](C)n1c(=O)oc2ccccc21)c1nc2ccccc2s1. The number of para-hydroxylation sites is 3. The number of benzene rings is 2. The topological polar surface area (TPSA) is 74.3 Å². The van der Waals surface area contributed by atoms with Crippen LogP contribution in [0.25, 0.3) is 21.3 Å². The van der Waals surface area contributed by atoms with Crippen molar-refractivity contribution in [2.24, 2.45) is 0 Å². The Labute approximate surface area is 152 Å². The summed E-state index contributed by atoms with van der Waals surface area (Å²) in [4.78, 5) is 29.2. The van der Waals surface area contributed by atoms with E-state index in [1.807, 2.05) is 24.3 Å².